The number of rotatable bonds is 6. The van der Waals surface area contributed by atoms with Gasteiger partial charge in [0.15, 0.2) is 0 Å². The van der Waals surface area contributed by atoms with Crippen LogP contribution in [0.4, 0.5) is 17.1 Å². The minimum atomic E-state index is -0.311. The molecule has 10 aromatic rings. The number of hydrogen-bond donors (Lipinski definition) is 0. The van der Waals surface area contributed by atoms with E-state index in [0.29, 0.717) is 0 Å². The van der Waals surface area contributed by atoms with Gasteiger partial charge in [0.25, 0.3) is 0 Å². The van der Waals surface area contributed by atoms with Gasteiger partial charge in [-0.25, -0.2) is 0 Å². The van der Waals surface area contributed by atoms with Crippen LogP contribution in [-0.2, 0) is 5.41 Å². The molecule has 0 saturated heterocycles. The van der Waals surface area contributed by atoms with Crippen LogP contribution in [0.15, 0.2) is 206 Å². The highest BCUT2D eigenvalue weighted by Gasteiger charge is 2.41. The second-order valence-corrected chi connectivity index (χ2v) is 16.1. The zero-order valence-electron chi connectivity index (χ0n) is 31.0. The van der Waals surface area contributed by atoms with Crippen molar-refractivity contribution in [2.45, 2.75) is 12.3 Å². The zero-order chi connectivity index (χ0) is 37.2. The number of thiophene rings is 1. The van der Waals surface area contributed by atoms with Crippen LogP contribution in [0.2, 0.25) is 0 Å². The summed E-state index contributed by atoms with van der Waals surface area (Å²) in [7, 11) is 0. The summed E-state index contributed by atoms with van der Waals surface area (Å²) in [5.74, 6) is 0. The van der Waals surface area contributed by atoms with Crippen molar-refractivity contribution in [3.8, 4) is 33.4 Å². The third-order valence-electron chi connectivity index (χ3n) is 11.9. The van der Waals surface area contributed by atoms with E-state index in [9.17, 15) is 0 Å². The third-order valence-corrected chi connectivity index (χ3v) is 13.1. The first-order valence-corrected chi connectivity index (χ1v) is 20.2. The lowest BCUT2D eigenvalue weighted by Gasteiger charge is -2.32. The quantitative estimate of drug-likeness (QED) is 0.165. The Morgan fingerprint density at radius 1 is 0.393 bits per heavy atom. The van der Waals surface area contributed by atoms with Gasteiger partial charge in [0.05, 0.1) is 5.69 Å². The summed E-state index contributed by atoms with van der Waals surface area (Å²) in [6, 6.07) is 76.2. The normalized spacial score (nSPS) is 14.6. The Bertz CT molecular complexity index is 3120. The molecular formula is C54H37NS. The second kappa shape index (κ2) is 12.9. The van der Waals surface area contributed by atoms with Gasteiger partial charge < -0.3 is 4.90 Å². The molecule has 2 heteroatoms. The first-order valence-electron chi connectivity index (χ1n) is 19.3. The van der Waals surface area contributed by atoms with Crippen molar-refractivity contribution in [2.75, 3.05) is 4.90 Å². The van der Waals surface area contributed by atoms with E-state index in [4.69, 9.17) is 0 Å². The SMILES string of the molecule is CC1(c2ccccc2)c2ccccc2-c2ccc(N(c3cccc(-c4ccc5c(c4)sc4ccccc45)c3)c3ccccc3-c3ccc4ccccc4c3)cc21. The predicted molar refractivity (Wildman–Crippen MR) is 240 cm³/mol. The van der Waals surface area contributed by atoms with E-state index in [1.807, 2.05) is 11.3 Å². The van der Waals surface area contributed by atoms with E-state index >= 15 is 0 Å². The molecule has 0 N–H and O–H groups in total. The van der Waals surface area contributed by atoms with Crippen LogP contribution in [0.1, 0.15) is 23.6 Å². The van der Waals surface area contributed by atoms with E-state index in [1.54, 1.807) is 0 Å². The summed E-state index contributed by atoms with van der Waals surface area (Å²) in [5, 5.41) is 5.12. The van der Waals surface area contributed by atoms with Crippen molar-refractivity contribution in [3.05, 3.63) is 223 Å². The van der Waals surface area contributed by atoms with Crippen molar-refractivity contribution in [3.63, 3.8) is 0 Å². The van der Waals surface area contributed by atoms with Crippen molar-refractivity contribution >= 4 is 59.3 Å². The molecule has 0 radical (unpaired) electrons. The van der Waals surface area contributed by atoms with Crippen LogP contribution in [0, 0.1) is 0 Å². The van der Waals surface area contributed by atoms with Crippen LogP contribution in [-0.4, -0.2) is 0 Å². The Hall–Kier alpha value is -6.74. The van der Waals surface area contributed by atoms with Gasteiger partial charge in [-0.3, -0.25) is 0 Å². The smallest absolute Gasteiger partial charge is 0.0540 e. The Labute approximate surface area is 331 Å². The maximum absolute atomic E-state index is 2.47. The molecule has 1 atom stereocenters. The molecule has 0 saturated carbocycles. The zero-order valence-corrected chi connectivity index (χ0v) is 31.8. The number of anilines is 3. The molecule has 264 valence electrons. The van der Waals surface area contributed by atoms with E-state index in [1.165, 1.54) is 81.0 Å². The van der Waals surface area contributed by atoms with E-state index in [2.05, 4.69) is 218 Å². The molecule has 0 spiro atoms. The number of fused-ring (bicyclic) bond motifs is 7. The van der Waals surface area contributed by atoms with Gasteiger partial charge >= 0.3 is 0 Å². The standard InChI is InChI=1S/C54H37NS/c1-54(41-17-3-2-4-18-41)49-23-10-7-21-45(49)46-31-29-43(35-50(46)54)55(51-24-11-8-20-44(51)40-27-26-36-14-5-6-15-37(36)32-40)42-19-13-16-38(33-42)39-28-30-48-47-22-9-12-25-52(47)56-53(48)34-39/h2-35H,1H3. The van der Waals surface area contributed by atoms with Crippen molar-refractivity contribution in [1.82, 2.24) is 0 Å². The number of para-hydroxylation sites is 1. The van der Waals surface area contributed by atoms with Gasteiger partial charge in [0, 0.05) is 42.5 Å². The molecule has 9 aromatic carbocycles. The van der Waals surface area contributed by atoms with Crippen LogP contribution < -0.4 is 4.90 Å². The Morgan fingerprint density at radius 2 is 1.07 bits per heavy atom. The van der Waals surface area contributed by atoms with Crippen molar-refractivity contribution in [2.24, 2.45) is 0 Å². The van der Waals surface area contributed by atoms with Crippen molar-refractivity contribution in [1.29, 1.82) is 0 Å². The lowest BCUT2D eigenvalue weighted by molar-refractivity contribution is 0.714. The van der Waals surface area contributed by atoms with Crippen LogP contribution >= 0.6 is 11.3 Å². The van der Waals surface area contributed by atoms with Gasteiger partial charge in [-0.15, -0.1) is 11.3 Å². The highest BCUT2D eigenvalue weighted by atomic mass is 32.1. The molecule has 1 aliphatic carbocycles. The summed E-state index contributed by atoms with van der Waals surface area (Å²) in [6.07, 6.45) is 0. The van der Waals surface area contributed by atoms with Gasteiger partial charge in [0.1, 0.15) is 0 Å². The van der Waals surface area contributed by atoms with E-state index in [-0.39, 0.29) is 5.41 Å². The molecule has 1 heterocycles. The summed E-state index contributed by atoms with van der Waals surface area (Å²) in [5.41, 5.74) is 14.4. The average Bonchev–Trinajstić information content (AvgIpc) is 3.77. The molecule has 1 unspecified atom stereocenters. The maximum Gasteiger partial charge on any atom is 0.0540 e. The molecule has 0 bridgehead atoms. The molecule has 0 fully saturated rings. The summed E-state index contributed by atoms with van der Waals surface area (Å²) in [6.45, 7) is 2.40. The highest BCUT2D eigenvalue weighted by molar-refractivity contribution is 7.25. The fraction of sp³-hybridized carbons (Fsp3) is 0.0370. The predicted octanol–water partition coefficient (Wildman–Crippen LogP) is 15.3. The van der Waals surface area contributed by atoms with Crippen LogP contribution in [0.25, 0.3) is 64.3 Å². The average molecular weight is 732 g/mol. The summed E-state index contributed by atoms with van der Waals surface area (Å²) >= 11 is 1.87. The maximum atomic E-state index is 2.47. The fourth-order valence-corrected chi connectivity index (χ4v) is 10.3. The molecule has 1 aliphatic rings. The Kier molecular flexibility index (Phi) is 7.55. The number of hydrogen-bond acceptors (Lipinski definition) is 2. The highest BCUT2D eigenvalue weighted by Crippen LogP contribution is 2.54. The fourth-order valence-electron chi connectivity index (χ4n) is 9.13. The van der Waals surface area contributed by atoms with Gasteiger partial charge in [0.2, 0.25) is 0 Å². The second-order valence-electron chi connectivity index (χ2n) is 15.0. The molecule has 11 rings (SSSR count). The van der Waals surface area contributed by atoms with E-state index < -0.39 is 0 Å². The molecule has 1 aromatic heterocycles. The topological polar surface area (TPSA) is 3.24 Å². The van der Waals surface area contributed by atoms with Crippen molar-refractivity contribution < 1.29 is 0 Å². The molecule has 1 nitrogen and oxygen atoms in total. The van der Waals surface area contributed by atoms with E-state index in [0.717, 1.165) is 17.1 Å². The lowest BCUT2D eigenvalue weighted by Crippen LogP contribution is -2.22. The molecule has 0 amide bonds. The van der Waals surface area contributed by atoms with Gasteiger partial charge in [-0.1, -0.05) is 158 Å². The Morgan fingerprint density at radius 3 is 1.98 bits per heavy atom. The van der Waals surface area contributed by atoms with Gasteiger partial charge in [-0.2, -0.15) is 0 Å². The van der Waals surface area contributed by atoms with Gasteiger partial charge in [-0.05, 0) is 111 Å². The minimum Gasteiger partial charge on any atom is -0.310 e. The third kappa shape index (κ3) is 5.14. The summed E-state index contributed by atoms with van der Waals surface area (Å²) < 4.78 is 2.64. The first kappa shape index (κ1) is 32.7. The molecule has 0 aliphatic heterocycles. The van der Waals surface area contributed by atoms with Crippen LogP contribution in [0.3, 0.4) is 0 Å². The minimum absolute atomic E-state index is 0.311. The van der Waals surface area contributed by atoms with Crippen LogP contribution in [0.5, 0.6) is 0 Å². The first-order chi connectivity index (χ1) is 27.6. The summed E-state index contributed by atoms with van der Waals surface area (Å²) in [4.78, 5) is 2.47. The Balaban J connectivity index is 1.12. The lowest BCUT2D eigenvalue weighted by atomic mass is 9.74. The molecule has 56 heavy (non-hydrogen) atoms. The number of benzene rings is 9. The number of nitrogens with zero attached hydrogens (tertiary/aromatic N) is 1. The monoisotopic (exact) mass is 731 g/mol. The molecular weight excluding hydrogens is 695 g/mol. The largest absolute Gasteiger partial charge is 0.310 e.